The van der Waals surface area contributed by atoms with Gasteiger partial charge in [-0.1, -0.05) is 0 Å². The number of likely N-dealkylation sites (N-methyl/N-ethyl adjacent to an activating group) is 1. The summed E-state index contributed by atoms with van der Waals surface area (Å²) >= 11 is 1.71. The summed E-state index contributed by atoms with van der Waals surface area (Å²) in [5, 5.41) is 3.23. The van der Waals surface area contributed by atoms with E-state index in [0.717, 1.165) is 56.9 Å². The molecule has 0 N–H and O–H groups in total. The number of aromatic nitrogens is 1. The van der Waals surface area contributed by atoms with Crippen LogP contribution in [0.2, 0.25) is 0 Å². The van der Waals surface area contributed by atoms with E-state index in [4.69, 9.17) is 14.5 Å². The first-order chi connectivity index (χ1) is 8.85. The van der Waals surface area contributed by atoms with Gasteiger partial charge in [0.2, 0.25) is 0 Å². The molecule has 1 aliphatic heterocycles. The van der Waals surface area contributed by atoms with Crippen molar-refractivity contribution in [2.75, 3.05) is 62.9 Å². The van der Waals surface area contributed by atoms with Gasteiger partial charge >= 0.3 is 0 Å². The summed E-state index contributed by atoms with van der Waals surface area (Å²) < 4.78 is 10.5. The highest BCUT2D eigenvalue weighted by Gasteiger charge is 2.16. The van der Waals surface area contributed by atoms with Crippen LogP contribution in [0.4, 0.5) is 10.9 Å². The fraction of sp³-hybridized carbons (Fsp3) is 0.750. The summed E-state index contributed by atoms with van der Waals surface area (Å²) in [5.74, 6) is 1.06. The Morgan fingerprint density at radius 1 is 1.50 bits per heavy atom. The molecule has 0 atom stereocenters. The van der Waals surface area contributed by atoms with Gasteiger partial charge in [0.15, 0.2) is 5.13 Å². The SMILES string of the molecule is CCN(CCOC)c1csc(N2CCOCC2)n1. The molecule has 1 fully saturated rings. The Labute approximate surface area is 112 Å². The molecule has 0 aromatic carbocycles. The van der Waals surface area contributed by atoms with E-state index in [0.29, 0.717) is 0 Å². The number of anilines is 2. The topological polar surface area (TPSA) is 37.8 Å². The average molecular weight is 271 g/mol. The van der Waals surface area contributed by atoms with Crippen LogP contribution >= 0.6 is 11.3 Å². The van der Waals surface area contributed by atoms with Crippen molar-refractivity contribution in [1.29, 1.82) is 0 Å². The van der Waals surface area contributed by atoms with Crippen molar-refractivity contribution >= 4 is 22.3 Å². The van der Waals surface area contributed by atoms with Crippen LogP contribution in [0.25, 0.3) is 0 Å². The normalized spacial score (nSPS) is 16.0. The maximum Gasteiger partial charge on any atom is 0.187 e. The smallest absolute Gasteiger partial charge is 0.187 e. The van der Waals surface area contributed by atoms with E-state index >= 15 is 0 Å². The van der Waals surface area contributed by atoms with Crippen molar-refractivity contribution in [1.82, 2.24) is 4.98 Å². The van der Waals surface area contributed by atoms with E-state index in [1.807, 2.05) is 0 Å². The Hall–Kier alpha value is -0.850. The Morgan fingerprint density at radius 2 is 2.28 bits per heavy atom. The Bertz CT molecular complexity index is 353. The number of rotatable bonds is 6. The average Bonchev–Trinajstić information content (AvgIpc) is 2.90. The summed E-state index contributed by atoms with van der Waals surface area (Å²) in [5.41, 5.74) is 0. The van der Waals surface area contributed by atoms with Crippen molar-refractivity contribution in [3.8, 4) is 0 Å². The van der Waals surface area contributed by atoms with Gasteiger partial charge in [0.1, 0.15) is 5.82 Å². The summed E-state index contributed by atoms with van der Waals surface area (Å²) in [4.78, 5) is 9.25. The van der Waals surface area contributed by atoms with Crippen LogP contribution in [0.3, 0.4) is 0 Å². The molecule has 0 amide bonds. The minimum absolute atomic E-state index is 0.734. The Balaban J connectivity index is 1.98. The van der Waals surface area contributed by atoms with E-state index in [1.54, 1.807) is 18.4 Å². The van der Waals surface area contributed by atoms with E-state index in [1.165, 1.54) is 0 Å². The van der Waals surface area contributed by atoms with Crippen LogP contribution in [0.5, 0.6) is 0 Å². The molecule has 6 heteroatoms. The lowest BCUT2D eigenvalue weighted by Gasteiger charge is -2.26. The van der Waals surface area contributed by atoms with Crippen molar-refractivity contribution < 1.29 is 9.47 Å². The predicted molar refractivity (Wildman–Crippen MR) is 74.9 cm³/mol. The van der Waals surface area contributed by atoms with Gasteiger partial charge in [-0.25, -0.2) is 4.98 Å². The molecular formula is C12H21N3O2S. The van der Waals surface area contributed by atoms with Crippen LogP contribution in [0.15, 0.2) is 5.38 Å². The monoisotopic (exact) mass is 271 g/mol. The minimum atomic E-state index is 0.734. The predicted octanol–water partition coefficient (Wildman–Crippen LogP) is 1.45. The molecule has 0 aliphatic carbocycles. The zero-order valence-electron chi connectivity index (χ0n) is 11.1. The lowest BCUT2D eigenvalue weighted by molar-refractivity contribution is 0.122. The molecule has 0 spiro atoms. The van der Waals surface area contributed by atoms with Gasteiger partial charge in [0.05, 0.1) is 19.8 Å². The molecule has 0 radical (unpaired) electrons. The number of thiazole rings is 1. The molecular weight excluding hydrogens is 250 g/mol. The zero-order chi connectivity index (χ0) is 12.8. The minimum Gasteiger partial charge on any atom is -0.383 e. The lowest BCUT2D eigenvalue weighted by Crippen LogP contribution is -2.36. The Morgan fingerprint density at radius 3 is 2.94 bits per heavy atom. The lowest BCUT2D eigenvalue weighted by atomic mass is 10.4. The number of methoxy groups -OCH3 is 1. The molecule has 0 bridgehead atoms. The fourth-order valence-corrected chi connectivity index (χ4v) is 2.83. The molecule has 5 nitrogen and oxygen atoms in total. The first-order valence-electron chi connectivity index (χ1n) is 6.37. The van der Waals surface area contributed by atoms with Gasteiger partial charge in [0, 0.05) is 38.7 Å². The van der Waals surface area contributed by atoms with Crippen LogP contribution in [-0.4, -0.2) is 58.1 Å². The standard InChI is InChI=1S/C12H21N3O2S/c1-3-14(4-7-16-2)11-10-18-12(13-11)15-5-8-17-9-6-15/h10H,3-9H2,1-2H3. The number of morpholine rings is 1. The van der Waals surface area contributed by atoms with Gasteiger partial charge in [-0.3, -0.25) is 0 Å². The zero-order valence-corrected chi connectivity index (χ0v) is 11.9. The molecule has 1 aromatic rings. The second-order valence-corrected chi connectivity index (χ2v) is 5.00. The molecule has 0 saturated carbocycles. The molecule has 102 valence electrons. The third kappa shape index (κ3) is 3.34. The number of hydrogen-bond donors (Lipinski definition) is 0. The van der Waals surface area contributed by atoms with Crippen LogP contribution in [0.1, 0.15) is 6.92 Å². The molecule has 0 unspecified atom stereocenters. The summed E-state index contributed by atoms with van der Waals surface area (Å²) in [6.45, 7) is 8.21. The second-order valence-electron chi connectivity index (χ2n) is 4.16. The van der Waals surface area contributed by atoms with E-state index < -0.39 is 0 Å². The third-order valence-corrected chi connectivity index (χ3v) is 3.92. The van der Waals surface area contributed by atoms with E-state index in [2.05, 4.69) is 22.1 Å². The van der Waals surface area contributed by atoms with Crippen LogP contribution in [-0.2, 0) is 9.47 Å². The van der Waals surface area contributed by atoms with Crippen molar-refractivity contribution in [3.63, 3.8) is 0 Å². The first-order valence-corrected chi connectivity index (χ1v) is 7.25. The molecule has 2 rings (SSSR count). The number of nitrogens with zero attached hydrogens (tertiary/aromatic N) is 3. The van der Waals surface area contributed by atoms with Crippen molar-refractivity contribution in [2.24, 2.45) is 0 Å². The van der Waals surface area contributed by atoms with Gasteiger partial charge in [-0.05, 0) is 6.92 Å². The van der Waals surface area contributed by atoms with E-state index in [-0.39, 0.29) is 0 Å². The maximum atomic E-state index is 5.36. The second kappa shape index (κ2) is 6.92. The largest absolute Gasteiger partial charge is 0.383 e. The maximum absolute atomic E-state index is 5.36. The summed E-state index contributed by atoms with van der Waals surface area (Å²) in [7, 11) is 1.73. The summed E-state index contributed by atoms with van der Waals surface area (Å²) in [6.07, 6.45) is 0. The van der Waals surface area contributed by atoms with Gasteiger partial charge in [-0.2, -0.15) is 0 Å². The Kier molecular flexibility index (Phi) is 5.22. The fourth-order valence-electron chi connectivity index (χ4n) is 1.94. The van der Waals surface area contributed by atoms with Crippen molar-refractivity contribution in [2.45, 2.75) is 6.92 Å². The highest BCUT2D eigenvalue weighted by Crippen LogP contribution is 2.26. The third-order valence-electron chi connectivity index (χ3n) is 3.03. The first kappa shape index (κ1) is 13.6. The van der Waals surface area contributed by atoms with Gasteiger partial charge < -0.3 is 19.3 Å². The quantitative estimate of drug-likeness (QED) is 0.783. The van der Waals surface area contributed by atoms with Gasteiger partial charge in [-0.15, -0.1) is 11.3 Å². The van der Waals surface area contributed by atoms with E-state index in [9.17, 15) is 0 Å². The molecule has 18 heavy (non-hydrogen) atoms. The van der Waals surface area contributed by atoms with Crippen LogP contribution < -0.4 is 9.80 Å². The highest BCUT2D eigenvalue weighted by atomic mass is 32.1. The summed E-state index contributed by atoms with van der Waals surface area (Å²) in [6, 6.07) is 0. The number of ether oxygens (including phenoxy) is 2. The van der Waals surface area contributed by atoms with Crippen molar-refractivity contribution in [3.05, 3.63) is 5.38 Å². The highest BCUT2D eigenvalue weighted by molar-refractivity contribution is 7.14. The van der Waals surface area contributed by atoms with Gasteiger partial charge in [0.25, 0.3) is 0 Å². The molecule has 1 aromatic heterocycles. The van der Waals surface area contributed by atoms with Crippen LogP contribution in [0, 0.1) is 0 Å². The molecule has 1 saturated heterocycles. The molecule has 2 heterocycles. The number of hydrogen-bond acceptors (Lipinski definition) is 6. The molecule has 1 aliphatic rings.